The van der Waals surface area contributed by atoms with Crippen molar-refractivity contribution in [3.8, 4) is 0 Å². The summed E-state index contributed by atoms with van der Waals surface area (Å²) in [7, 11) is 0. The monoisotopic (exact) mass is 205 g/mol. The third-order valence-electron chi connectivity index (χ3n) is 1.66. The summed E-state index contributed by atoms with van der Waals surface area (Å²) in [6.45, 7) is -0.595. The van der Waals surface area contributed by atoms with Gasteiger partial charge in [-0.3, -0.25) is 0 Å². The predicted molar refractivity (Wildman–Crippen MR) is 46.2 cm³/mol. The van der Waals surface area contributed by atoms with Gasteiger partial charge in [-0.25, -0.2) is 4.98 Å². The van der Waals surface area contributed by atoms with E-state index in [1.807, 2.05) is 0 Å². The van der Waals surface area contributed by atoms with Crippen LogP contribution in [0.4, 0.5) is 0 Å². The topological polar surface area (TPSA) is 93.8 Å². The molecule has 5 nitrogen and oxygen atoms in total. The fourth-order valence-corrected chi connectivity index (χ4v) is 1.44. The van der Waals surface area contributed by atoms with Gasteiger partial charge < -0.3 is 20.4 Å². The molecular weight excluding hydrogens is 194 g/mol. The SMILES string of the molecule is OCC(O)C(O)C(O)c1cscn1. The third-order valence-corrected chi connectivity index (χ3v) is 2.26. The first kappa shape index (κ1) is 10.6. The summed E-state index contributed by atoms with van der Waals surface area (Å²) in [4.78, 5) is 3.77. The minimum Gasteiger partial charge on any atom is -0.394 e. The minimum absolute atomic E-state index is 0.296. The maximum atomic E-state index is 9.40. The van der Waals surface area contributed by atoms with Crippen LogP contribution in [0.5, 0.6) is 0 Å². The number of aromatic nitrogens is 1. The van der Waals surface area contributed by atoms with Gasteiger partial charge in [0.15, 0.2) is 0 Å². The molecule has 1 rings (SSSR count). The minimum atomic E-state index is -1.41. The van der Waals surface area contributed by atoms with Crippen molar-refractivity contribution in [1.29, 1.82) is 0 Å². The van der Waals surface area contributed by atoms with E-state index < -0.39 is 24.9 Å². The second-order valence-electron chi connectivity index (χ2n) is 2.60. The van der Waals surface area contributed by atoms with Gasteiger partial charge in [-0.05, 0) is 0 Å². The van der Waals surface area contributed by atoms with E-state index in [-0.39, 0.29) is 0 Å². The van der Waals surface area contributed by atoms with E-state index in [0.717, 1.165) is 0 Å². The molecule has 0 saturated heterocycles. The van der Waals surface area contributed by atoms with E-state index in [1.165, 1.54) is 16.8 Å². The molecule has 0 aromatic carbocycles. The molecule has 0 spiro atoms. The van der Waals surface area contributed by atoms with E-state index >= 15 is 0 Å². The Morgan fingerprint density at radius 1 is 1.38 bits per heavy atom. The summed E-state index contributed by atoms with van der Waals surface area (Å²) in [5.74, 6) is 0. The van der Waals surface area contributed by atoms with Crippen LogP contribution in [0.25, 0.3) is 0 Å². The Morgan fingerprint density at radius 3 is 2.54 bits per heavy atom. The van der Waals surface area contributed by atoms with Crippen molar-refractivity contribution in [2.75, 3.05) is 6.61 Å². The molecule has 4 N–H and O–H groups in total. The number of aliphatic hydroxyl groups excluding tert-OH is 4. The molecule has 1 aromatic rings. The average molecular weight is 205 g/mol. The molecule has 0 saturated carbocycles. The van der Waals surface area contributed by atoms with Gasteiger partial charge in [0, 0.05) is 5.38 Å². The van der Waals surface area contributed by atoms with E-state index in [9.17, 15) is 10.2 Å². The number of aliphatic hydroxyl groups is 4. The highest BCUT2D eigenvalue weighted by atomic mass is 32.1. The van der Waals surface area contributed by atoms with Crippen molar-refractivity contribution < 1.29 is 20.4 Å². The van der Waals surface area contributed by atoms with Gasteiger partial charge in [0.1, 0.15) is 18.3 Å². The summed E-state index contributed by atoms with van der Waals surface area (Å²) in [6.07, 6.45) is -4.02. The summed E-state index contributed by atoms with van der Waals surface area (Å²) in [6, 6.07) is 0. The molecule has 3 atom stereocenters. The highest BCUT2D eigenvalue weighted by Gasteiger charge is 2.26. The van der Waals surface area contributed by atoms with Gasteiger partial charge in [0.2, 0.25) is 0 Å². The molecule has 0 fully saturated rings. The first-order valence-electron chi connectivity index (χ1n) is 3.70. The van der Waals surface area contributed by atoms with Crippen LogP contribution in [0.1, 0.15) is 11.8 Å². The molecule has 13 heavy (non-hydrogen) atoms. The molecule has 3 unspecified atom stereocenters. The highest BCUT2D eigenvalue weighted by molar-refractivity contribution is 7.07. The second kappa shape index (κ2) is 4.64. The summed E-state index contributed by atoms with van der Waals surface area (Å²) in [5, 5.41) is 37.8. The van der Waals surface area contributed by atoms with Crippen LogP contribution in [0.2, 0.25) is 0 Å². The van der Waals surface area contributed by atoms with Crippen LogP contribution in [-0.2, 0) is 0 Å². The molecular formula is C7H11NO4S. The Morgan fingerprint density at radius 2 is 2.08 bits per heavy atom. The number of hydrogen-bond donors (Lipinski definition) is 4. The third kappa shape index (κ3) is 2.45. The molecule has 0 radical (unpaired) electrons. The van der Waals surface area contributed by atoms with Crippen LogP contribution in [0, 0.1) is 0 Å². The normalized spacial score (nSPS) is 18.2. The smallest absolute Gasteiger partial charge is 0.125 e. The Balaban J connectivity index is 2.62. The van der Waals surface area contributed by atoms with E-state index in [4.69, 9.17) is 10.2 Å². The molecule has 0 aliphatic carbocycles. The fraction of sp³-hybridized carbons (Fsp3) is 0.571. The second-order valence-corrected chi connectivity index (χ2v) is 3.32. The lowest BCUT2D eigenvalue weighted by Gasteiger charge is -2.19. The van der Waals surface area contributed by atoms with E-state index in [2.05, 4.69) is 4.98 Å². The van der Waals surface area contributed by atoms with Gasteiger partial charge in [-0.1, -0.05) is 0 Å². The fourth-order valence-electron chi connectivity index (χ4n) is 0.861. The van der Waals surface area contributed by atoms with Gasteiger partial charge in [-0.15, -0.1) is 11.3 Å². The van der Waals surface area contributed by atoms with Crippen LogP contribution in [0.3, 0.4) is 0 Å². The zero-order valence-corrected chi connectivity index (χ0v) is 7.55. The van der Waals surface area contributed by atoms with E-state index in [0.29, 0.717) is 5.69 Å². The largest absolute Gasteiger partial charge is 0.394 e. The van der Waals surface area contributed by atoms with Crippen LogP contribution >= 0.6 is 11.3 Å². The maximum absolute atomic E-state index is 9.40. The van der Waals surface area contributed by atoms with E-state index in [1.54, 1.807) is 5.38 Å². The Kier molecular flexibility index (Phi) is 3.76. The number of thiazole rings is 1. The van der Waals surface area contributed by atoms with Crippen molar-refractivity contribution in [3.05, 3.63) is 16.6 Å². The molecule has 0 aliphatic rings. The quantitative estimate of drug-likeness (QED) is 0.500. The standard InChI is InChI=1S/C7H11NO4S/c9-1-5(10)7(12)6(11)4-2-13-3-8-4/h2-3,5-7,9-12H,1H2. The van der Waals surface area contributed by atoms with Crippen LogP contribution in [-0.4, -0.2) is 44.2 Å². The molecule has 0 aliphatic heterocycles. The summed E-state index contributed by atoms with van der Waals surface area (Å²) < 4.78 is 0. The molecule has 6 heteroatoms. The lowest BCUT2D eigenvalue weighted by atomic mass is 10.1. The molecule has 1 heterocycles. The zero-order chi connectivity index (χ0) is 9.84. The van der Waals surface area contributed by atoms with Gasteiger partial charge in [0.25, 0.3) is 0 Å². The number of rotatable bonds is 4. The number of nitrogens with zero attached hydrogens (tertiary/aromatic N) is 1. The predicted octanol–water partition coefficient (Wildman–Crippen LogP) is -1.11. The van der Waals surface area contributed by atoms with Crippen molar-refractivity contribution >= 4 is 11.3 Å². The van der Waals surface area contributed by atoms with Gasteiger partial charge in [-0.2, -0.15) is 0 Å². The molecule has 74 valence electrons. The highest BCUT2D eigenvalue weighted by Crippen LogP contribution is 2.18. The lowest BCUT2D eigenvalue weighted by molar-refractivity contribution is -0.0787. The molecule has 0 bridgehead atoms. The Hall–Kier alpha value is -0.530. The maximum Gasteiger partial charge on any atom is 0.125 e. The van der Waals surface area contributed by atoms with Crippen molar-refractivity contribution in [2.24, 2.45) is 0 Å². The summed E-state index contributed by atoms with van der Waals surface area (Å²) in [5.41, 5.74) is 1.81. The Labute approximate surface area is 78.9 Å². The Bertz CT molecular complexity index is 241. The lowest BCUT2D eigenvalue weighted by Crippen LogP contribution is -2.34. The van der Waals surface area contributed by atoms with Crippen molar-refractivity contribution in [2.45, 2.75) is 18.3 Å². The zero-order valence-electron chi connectivity index (χ0n) is 6.74. The molecule has 0 amide bonds. The average Bonchev–Trinajstić information content (AvgIpc) is 2.67. The van der Waals surface area contributed by atoms with Crippen LogP contribution in [0.15, 0.2) is 10.9 Å². The van der Waals surface area contributed by atoms with Crippen molar-refractivity contribution in [3.63, 3.8) is 0 Å². The molecule has 1 aromatic heterocycles. The van der Waals surface area contributed by atoms with Gasteiger partial charge >= 0.3 is 0 Å². The summed E-state index contributed by atoms with van der Waals surface area (Å²) >= 11 is 1.28. The first-order valence-corrected chi connectivity index (χ1v) is 4.64. The van der Waals surface area contributed by atoms with Crippen molar-refractivity contribution in [1.82, 2.24) is 4.98 Å². The number of hydrogen-bond acceptors (Lipinski definition) is 6. The van der Waals surface area contributed by atoms with Gasteiger partial charge in [0.05, 0.1) is 17.8 Å². The van der Waals surface area contributed by atoms with Crippen LogP contribution < -0.4 is 0 Å². The first-order chi connectivity index (χ1) is 6.16.